The van der Waals surface area contributed by atoms with Crippen LogP contribution in [0, 0.1) is 0 Å². The van der Waals surface area contributed by atoms with Gasteiger partial charge in [-0.15, -0.1) is 0 Å². The van der Waals surface area contributed by atoms with Gasteiger partial charge >= 0.3 is 0 Å². The van der Waals surface area contributed by atoms with Crippen molar-refractivity contribution in [2.45, 2.75) is 32.1 Å². The molecule has 1 aliphatic rings. The Labute approximate surface area is 88.5 Å². The molecule has 0 aliphatic heterocycles. The van der Waals surface area contributed by atoms with Crippen molar-refractivity contribution in [2.24, 2.45) is 0 Å². The average molecular weight is 206 g/mol. The number of ketones is 1. The Balaban J connectivity index is 1.83. The van der Waals surface area contributed by atoms with Gasteiger partial charge in [-0.3, -0.25) is 4.79 Å². The van der Waals surface area contributed by atoms with Crippen LogP contribution in [-0.4, -0.2) is 5.78 Å². The molecule has 0 aromatic carbocycles. The Morgan fingerprint density at radius 2 is 2.43 bits per heavy atom. The van der Waals surface area contributed by atoms with Gasteiger partial charge in [0.1, 0.15) is 0 Å². The second-order valence-corrected chi connectivity index (χ2v) is 4.46. The monoisotopic (exact) mass is 206 g/mol. The molecule has 0 saturated heterocycles. The van der Waals surface area contributed by atoms with Crippen LogP contribution in [0.4, 0.5) is 0 Å². The van der Waals surface area contributed by atoms with Crippen molar-refractivity contribution < 1.29 is 4.79 Å². The van der Waals surface area contributed by atoms with Gasteiger partial charge < -0.3 is 0 Å². The van der Waals surface area contributed by atoms with E-state index in [1.54, 1.807) is 11.3 Å². The fourth-order valence-electron chi connectivity index (χ4n) is 1.78. The molecule has 1 nitrogen and oxygen atoms in total. The van der Waals surface area contributed by atoms with E-state index in [0.717, 1.165) is 24.8 Å². The zero-order valence-corrected chi connectivity index (χ0v) is 8.98. The second kappa shape index (κ2) is 4.56. The summed E-state index contributed by atoms with van der Waals surface area (Å²) in [4.78, 5) is 11.7. The van der Waals surface area contributed by atoms with Gasteiger partial charge in [-0.05, 0) is 53.6 Å². The molecule has 1 heterocycles. The highest BCUT2D eigenvalue weighted by Gasteiger charge is 2.12. The zero-order chi connectivity index (χ0) is 9.80. The predicted octanol–water partition coefficient (Wildman–Crippen LogP) is 3.36. The van der Waals surface area contributed by atoms with Crippen LogP contribution >= 0.6 is 11.3 Å². The summed E-state index contributed by atoms with van der Waals surface area (Å²) in [6, 6.07) is 2.10. The standard InChI is InChI=1S/C12H14OS/c13-12(11-3-1-2-4-11)6-5-10-7-8-14-9-10/h3,7-9H,1-2,4-6H2. The molecule has 2 heteroatoms. The van der Waals surface area contributed by atoms with Gasteiger partial charge in [-0.25, -0.2) is 0 Å². The summed E-state index contributed by atoms with van der Waals surface area (Å²) in [6.07, 6.45) is 6.96. The number of carbonyl (C=O) groups is 1. The maximum atomic E-state index is 11.7. The second-order valence-electron chi connectivity index (χ2n) is 3.68. The molecule has 74 valence electrons. The van der Waals surface area contributed by atoms with E-state index in [1.165, 1.54) is 12.0 Å². The molecule has 0 fully saturated rings. The van der Waals surface area contributed by atoms with Gasteiger partial charge in [0.25, 0.3) is 0 Å². The van der Waals surface area contributed by atoms with Gasteiger partial charge in [0.2, 0.25) is 0 Å². The first-order chi connectivity index (χ1) is 6.86. The minimum Gasteiger partial charge on any atom is -0.295 e. The van der Waals surface area contributed by atoms with Gasteiger partial charge in [-0.2, -0.15) is 11.3 Å². The highest BCUT2D eigenvalue weighted by Crippen LogP contribution is 2.20. The van der Waals surface area contributed by atoms with Crippen molar-refractivity contribution >= 4 is 17.1 Å². The molecule has 0 unspecified atom stereocenters. The lowest BCUT2D eigenvalue weighted by Gasteiger charge is -1.99. The number of aryl methyl sites for hydroxylation is 1. The first kappa shape index (κ1) is 9.66. The zero-order valence-electron chi connectivity index (χ0n) is 8.16. The molecule has 0 bridgehead atoms. The van der Waals surface area contributed by atoms with Crippen LogP contribution < -0.4 is 0 Å². The summed E-state index contributed by atoms with van der Waals surface area (Å²) in [5.41, 5.74) is 2.36. The smallest absolute Gasteiger partial charge is 0.158 e. The largest absolute Gasteiger partial charge is 0.295 e. The quantitative estimate of drug-likeness (QED) is 0.738. The van der Waals surface area contributed by atoms with Gasteiger partial charge in [0.05, 0.1) is 0 Å². The summed E-state index contributed by atoms with van der Waals surface area (Å²) in [5.74, 6) is 0.355. The molecule has 0 N–H and O–H groups in total. The summed E-state index contributed by atoms with van der Waals surface area (Å²) in [7, 11) is 0. The third-order valence-electron chi connectivity index (χ3n) is 2.62. The Hall–Kier alpha value is -0.890. The van der Waals surface area contributed by atoms with Gasteiger partial charge in [0.15, 0.2) is 5.78 Å². The highest BCUT2D eigenvalue weighted by molar-refractivity contribution is 7.07. The van der Waals surface area contributed by atoms with Crippen LogP contribution in [0.5, 0.6) is 0 Å². The van der Waals surface area contributed by atoms with Crippen molar-refractivity contribution in [3.05, 3.63) is 34.0 Å². The van der Waals surface area contributed by atoms with E-state index in [-0.39, 0.29) is 0 Å². The Morgan fingerprint density at radius 1 is 1.50 bits per heavy atom. The van der Waals surface area contributed by atoms with E-state index in [4.69, 9.17) is 0 Å². The molecule has 1 aromatic heterocycles. The van der Waals surface area contributed by atoms with Crippen molar-refractivity contribution in [1.82, 2.24) is 0 Å². The average Bonchev–Trinajstić information content (AvgIpc) is 2.87. The van der Waals surface area contributed by atoms with Crippen molar-refractivity contribution in [3.8, 4) is 0 Å². The fraction of sp³-hybridized carbons (Fsp3) is 0.417. The van der Waals surface area contributed by atoms with E-state index in [2.05, 4.69) is 22.9 Å². The Bertz CT molecular complexity index is 335. The lowest BCUT2D eigenvalue weighted by Crippen LogP contribution is -2.01. The van der Waals surface area contributed by atoms with E-state index in [0.29, 0.717) is 12.2 Å². The molecule has 0 saturated carbocycles. The topological polar surface area (TPSA) is 17.1 Å². The maximum absolute atomic E-state index is 11.7. The van der Waals surface area contributed by atoms with Gasteiger partial charge in [-0.1, -0.05) is 6.08 Å². The molecule has 0 atom stereocenters. The lowest BCUT2D eigenvalue weighted by molar-refractivity contribution is -0.115. The molecule has 1 aliphatic carbocycles. The van der Waals surface area contributed by atoms with Crippen LogP contribution in [0.25, 0.3) is 0 Å². The maximum Gasteiger partial charge on any atom is 0.158 e. The Kier molecular flexibility index (Phi) is 3.14. The summed E-state index contributed by atoms with van der Waals surface area (Å²) < 4.78 is 0. The van der Waals surface area contributed by atoms with Crippen molar-refractivity contribution in [1.29, 1.82) is 0 Å². The molecular weight excluding hydrogens is 192 g/mol. The van der Waals surface area contributed by atoms with E-state index in [1.807, 2.05) is 0 Å². The molecule has 2 rings (SSSR count). The van der Waals surface area contributed by atoms with Crippen LogP contribution in [0.15, 0.2) is 28.5 Å². The molecule has 1 aromatic rings. The number of hydrogen-bond acceptors (Lipinski definition) is 2. The van der Waals surface area contributed by atoms with Crippen LogP contribution in [0.1, 0.15) is 31.2 Å². The predicted molar refractivity (Wildman–Crippen MR) is 59.6 cm³/mol. The van der Waals surface area contributed by atoms with E-state index in [9.17, 15) is 4.79 Å². The molecule has 0 amide bonds. The highest BCUT2D eigenvalue weighted by atomic mass is 32.1. The lowest BCUT2D eigenvalue weighted by atomic mass is 10.0. The summed E-state index contributed by atoms with van der Waals surface area (Å²) in [5, 5.41) is 4.19. The molecule has 0 spiro atoms. The van der Waals surface area contributed by atoms with Crippen molar-refractivity contribution in [3.63, 3.8) is 0 Å². The first-order valence-corrected chi connectivity index (χ1v) is 6.04. The third kappa shape index (κ3) is 2.32. The summed E-state index contributed by atoms with van der Waals surface area (Å²) in [6.45, 7) is 0. The SMILES string of the molecule is O=C(CCc1ccsc1)C1=CCCC1. The number of allylic oxidation sites excluding steroid dienone is 2. The number of carbonyl (C=O) groups excluding carboxylic acids is 1. The first-order valence-electron chi connectivity index (χ1n) is 5.09. The van der Waals surface area contributed by atoms with E-state index < -0.39 is 0 Å². The van der Waals surface area contributed by atoms with E-state index >= 15 is 0 Å². The van der Waals surface area contributed by atoms with Crippen molar-refractivity contribution in [2.75, 3.05) is 0 Å². The number of hydrogen-bond donors (Lipinski definition) is 0. The number of Topliss-reactive ketones (excluding diaryl/α,β-unsaturated/α-hetero) is 1. The normalized spacial score (nSPS) is 15.6. The fourth-order valence-corrected chi connectivity index (χ4v) is 2.48. The molecule has 0 radical (unpaired) electrons. The van der Waals surface area contributed by atoms with Crippen LogP contribution in [-0.2, 0) is 11.2 Å². The molecule has 14 heavy (non-hydrogen) atoms. The minimum absolute atomic E-state index is 0.355. The summed E-state index contributed by atoms with van der Waals surface area (Å²) >= 11 is 1.70. The third-order valence-corrected chi connectivity index (χ3v) is 3.35. The number of thiophene rings is 1. The van der Waals surface area contributed by atoms with Crippen LogP contribution in [0.3, 0.4) is 0 Å². The minimum atomic E-state index is 0.355. The molecular formula is C12H14OS. The number of rotatable bonds is 4. The van der Waals surface area contributed by atoms with Gasteiger partial charge in [0, 0.05) is 6.42 Å². The Morgan fingerprint density at radius 3 is 3.07 bits per heavy atom. The van der Waals surface area contributed by atoms with Crippen LogP contribution in [0.2, 0.25) is 0 Å².